The van der Waals surface area contributed by atoms with E-state index in [9.17, 15) is 9.11 Å². The summed E-state index contributed by atoms with van der Waals surface area (Å²) >= 11 is 0. The minimum Gasteiger partial charge on any atom is -0.337 e. The van der Waals surface area contributed by atoms with Crippen LogP contribution in [0.25, 0.3) is 0 Å². The summed E-state index contributed by atoms with van der Waals surface area (Å²) in [5.41, 5.74) is 0. The minimum atomic E-state index is -3.13. The first-order chi connectivity index (χ1) is 5.47. The zero-order valence-corrected chi connectivity index (χ0v) is 8.00. The van der Waals surface area contributed by atoms with Gasteiger partial charge in [0.05, 0.1) is 7.11 Å². The van der Waals surface area contributed by atoms with Crippen LogP contribution >= 0.6 is 10.9 Å². The second-order valence-electron chi connectivity index (χ2n) is 2.40. The maximum Gasteiger partial charge on any atom is 0.169 e. The molecule has 0 aliphatic heterocycles. The van der Waals surface area contributed by atoms with Crippen LogP contribution in [0.2, 0.25) is 0 Å². The summed E-state index contributed by atoms with van der Waals surface area (Å²) in [4.78, 5) is 3.93. The molecule has 0 aliphatic rings. The third kappa shape index (κ3) is 1.61. The Bertz CT molecular complexity index is 265. The first kappa shape index (κ1) is 9.53. The maximum atomic E-state index is 9.27. The van der Waals surface area contributed by atoms with Gasteiger partial charge in [-0.05, 0) is 6.92 Å². The number of imidazole rings is 1. The first-order valence-electron chi connectivity index (χ1n) is 3.31. The van der Waals surface area contributed by atoms with E-state index in [-0.39, 0.29) is 5.03 Å². The second kappa shape index (κ2) is 3.06. The number of aromatic nitrogens is 2. The molecule has 12 heavy (non-hydrogen) atoms. The highest BCUT2D eigenvalue weighted by Crippen LogP contribution is 2.46. The zero-order chi connectivity index (χ0) is 9.35. The molecule has 0 unspecified atom stereocenters. The van der Waals surface area contributed by atoms with Gasteiger partial charge in [-0.1, -0.05) is 0 Å². The molecule has 1 heterocycles. The van der Waals surface area contributed by atoms with E-state index in [4.69, 9.17) is 0 Å². The summed E-state index contributed by atoms with van der Waals surface area (Å²) in [5.74, 6) is 0.710. The molecule has 0 saturated carbocycles. The van der Waals surface area contributed by atoms with E-state index in [2.05, 4.69) is 9.17 Å². The molecule has 1 aromatic rings. The van der Waals surface area contributed by atoms with Gasteiger partial charge in [-0.2, -0.15) is 0 Å². The second-order valence-corrected chi connectivity index (χ2v) is 4.15. The lowest BCUT2D eigenvalue weighted by Crippen LogP contribution is -2.00. The fraction of sp³-hybridized carbons (Fsp3) is 0.500. The monoisotopic (exact) mass is 192 g/mol. The van der Waals surface area contributed by atoms with Crippen molar-refractivity contribution in [3.8, 4) is 0 Å². The van der Waals surface area contributed by atoms with Crippen LogP contribution in [0.4, 0.5) is 0 Å². The number of nitrogens with zero attached hydrogens (tertiary/aromatic N) is 2. The highest BCUT2D eigenvalue weighted by atomic mass is 32.3. The lowest BCUT2D eigenvalue weighted by Gasteiger charge is -2.20. The molecule has 0 bridgehead atoms. The third-order valence-corrected chi connectivity index (χ3v) is 2.80. The van der Waals surface area contributed by atoms with Gasteiger partial charge in [-0.15, -0.1) is 0 Å². The van der Waals surface area contributed by atoms with Crippen LogP contribution in [0.1, 0.15) is 5.82 Å². The van der Waals surface area contributed by atoms with Crippen molar-refractivity contribution in [1.82, 2.24) is 9.55 Å². The number of hydrogen-bond donors (Lipinski definition) is 2. The van der Waals surface area contributed by atoms with E-state index in [0.717, 1.165) is 0 Å². The van der Waals surface area contributed by atoms with Gasteiger partial charge in [0.15, 0.2) is 5.03 Å². The Morgan fingerprint density at radius 1 is 1.58 bits per heavy atom. The molecule has 0 fully saturated rings. The summed E-state index contributed by atoms with van der Waals surface area (Å²) in [7, 11) is -0.122. The van der Waals surface area contributed by atoms with Crippen molar-refractivity contribution in [2.75, 3.05) is 7.11 Å². The molecule has 0 aliphatic carbocycles. The topological polar surface area (TPSA) is 67.5 Å². The van der Waals surface area contributed by atoms with E-state index < -0.39 is 10.9 Å². The molecular weight excluding hydrogens is 180 g/mol. The third-order valence-electron chi connectivity index (χ3n) is 1.59. The van der Waals surface area contributed by atoms with E-state index >= 15 is 0 Å². The summed E-state index contributed by atoms with van der Waals surface area (Å²) < 4.78 is 24.8. The molecule has 0 saturated heterocycles. The minimum absolute atomic E-state index is 0.171. The zero-order valence-electron chi connectivity index (χ0n) is 7.18. The van der Waals surface area contributed by atoms with Crippen LogP contribution in [-0.2, 0) is 11.2 Å². The van der Waals surface area contributed by atoms with E-state index in [1.54, 1.807) is 18.5 Å². The predicted molar refractivity (Wildman–Crippen MR) is 46.1 cm³/mol. The van der Waals surface area contributed by atoms with E-state index in [0.29, 0.717) is 5.82 Å². The van der Waals surface area contributed by atoms with Crippen molar-refractivity contribution >= 4 is 10.9 Å². The quantitative estimate of drug-likeness (QED) is 0.743. The van der Waals surface area contributed by atoms with Crippen LogP contribution < -0.4 is 0 Å². The average Bonchev–Trinajstić information content (AvgIpc) is 2.33. The first-order valence-corrected chi connectivity index (χ1v) is 4.78. The normalized spacial score (nSPS) is 13.4. The van der Waals surface area contributed by atoms with Gasteiger partial charge in [-0.3, -0.25) is 4.18 Å². The van der Waals surface area contributed by atoms with E-state index in [1.165, 1.54) is 13.3 Å². The molecule has 0 atom stereocenters. The van der Waals surface area contributed by atoms with Crippen molar-refractivity contribution < 1.29 is 13.3 Å². The molecular formula is C6H12N2O3S. The molecule has 1 aromatic heterocycles. The molecule has 70 valence electrons. The molecule has 0 aromatic carbocycles. The fourth-order valence-electron chi connectivity index (χ4n) is 0.740. The number of rotatable bonds is 2. The summed E-state index contributed by atoms with van der Waals surface area (Å²) in [6, 6.07) is 0. The SMILES string of the molecule is COS(O)(O)c1cn(C)c(C)n1. The average molecular weight is 192 g/mol. The van der Waals surface area contributed by atoms with Crippen molar-refractivity contribution in [1.29, 1.82) is 0 Å². The maximum absolute atomic E-state index is 9.27. The van der Waals surface area contributed by atoms with Crippen molar-refractivity contribution in [3.63, 3.8) is 0 Å². The Kier molecular flexibility index (Phi) is 2.43. The van der Waals surface area contributed by atoms with Gasteiger partial charge in [0.1, 0.15) is 16.7 Å². The Morgan fingerprint density at radius 3 is 2.50 bits per heavy atom. The molecule has 0 radical (unpaired) electrons. The number of hydrogen-bond acceptors (Lipinski definition) is 4. The summed E-state index contributed by atoms with van der Waals surface area (Å²) in [6.45, 7) is 1.77. The van der Waals surface area contributed by atoms with Gasteiger partial charge < -0.3 is 13.7 Å². The fourth-order valence-corrected chi connectivity index (χ4v) is 1.46. The largest absolute Gasteiger partial charge is 0.337 e. The molecule has 2 N–H and O–H groups in total. The van der Waals surface area contributed by atoms with Gasteiger partial charge in [-0.25, -0.2) is 4.98 Å². The van der Waals surface area contributed by atoms with Crippen LogP contribution in [-0.4, -0.2) is 25.8 Å². The van der Waals surface area contributed by atoms with E-state index in [1.807, 2.05) is 0 Å². The molecule has 1 rings (SSSR count). The lowest BCUT2D eigenvalue weighted by molar-refractivity contribution is 0.316. The standard InChI is InChI=1S/C6H12N2O3S/c1-5-7-6(4-8(5)2)12(9,10)11-3/h4,9-10H,1-3H3. The lowest BCUT2D eigenvalue weighted by atomic mass is 10.7. The van der Waals surface area contributed by atoms with Gasteiger partial charge in [0, 0.05) is 13.2 Å². The Balaban J connectivity index is 3.04. The highest BCUT2D eigenvalue weighted by Gasteiger charge is 2.22. The van der Waals surface area contributed by atoms with Crippen LogP contribution in [0, 0.1) is 6.92 Å². The Labute approximate surface area is 72.6 Å². The van der Waals surface area contributed by atoms with Crippen molar-refractivity contribution in [2.24, 2.45) is 7.05 Å². The predicted octanol–water partition coefficient (Wildman–Crippen LogP) is 1.40. The van der Waals surface area contributed by atoms with Crippen molar-refractivity contribution in [3.05, 3.63) is 12.0 Å². The van der Waals surface area contributed by atoms with Gasteiger partial charge in [0.25, 0.3) is 0 Å². The van der Waals surface area contributed by atoms with Crippen LogP contribution in [0.3, 0.4) is 0 Å². The molecule has 6 heteroatoms. The molecule has 0 amide bonds. The smallest absolute Gasteiger partial charge is 0.169 e. The molecule has 5 nitrogen and oxygen atoms in total. The van der Waals surface area contributed by atoms with Gasteiger partial charge >= 0.3 is 0 Å². The Morgan fingerprint density at radius 2 is 2.17 bits per heavy atom. The summed E-state index contributed by atoms with van der Waals surface area (Å²) in [6.07, 6.45) is 1.54. The van der Waals surface area contributed by atoms with Crippen LogP contribution in [0.15, 0.2) is 11.2 Å². The molecule has 0 spiro atoms. The van der Waals surface area contributed by atoms with Crippen molar-refractivity contribution in [2.45, 2.75) is 11.9 Å². The van der Waals surface area contributed by atoms with Crippen LogP contribution in [0.5, 0.6) is 0 Å². The number of aryl methyl sites for hydroxylation is 2. The Hall–Kier alpha value is -0.560. The highest BCUT2D eigenvalue weighted by molar-refractivity contribution is 8.20. The van der Waals surface area contributed by atoms with Gasteiger partial charge in [0.2, 0.25) is 0 Å². The summed E-state index contributed by atoms with van der Waals surface area (Å²) in [5, 5.41) is 0.171.